The molecule has 1 rings (SSSR count). The summed E-state index contributed by atoms with van der Waals surface area (Å²) >= 11 is 0. The lowest BCUT2D eigenvalue weighted by molar-refractivity contribution is -0.155. The summed E-state index contributed by atoms with van der Waals surface area (Å²) < 4.78 is 11.1. The minimum Gasteiger partial charge on any atom is -0.465 e. The van der Waals surface area contributed by atoms with Crippen molar-refractivity contribution in [2.24, 2.45) is 29.1 Å². The Morgan fingerprint density at radius 2 is 2.04 bits per heavy atom. The Labute approximate surface area is 153 Å². The van der Waals surface area contributed by atoms with E-state index in [1.165, 1.54) is 5.57 Å². The van der Waals surface area contributed by atoms with Gasteiger partial charge in [-0.15, -0.1) is 6.58 Å². The first-order valence-electron chi connectivity index (χ1n) is 9.30. The van der Waals surface area contributed by atoms with Gasteiger partial charge in [-0.1, -0.05) is 24.6 Å². The van der Waals surface area contributed by atoms with Crippen LogP contribution in [0, 0.1) is 29.1 Å². The predicted molar refractivity (Wildman–Crippen MR) is 101 cm³/mol. The van der Waals surface area contributed by atoms with E-state index < -0.39 is 11.7 Å². The Balaban J connectivity index is 2.84. The number of ether oxygens (including phenoxy) is 2. The van der Waals surface area contributed by atoms with Crippen molar-refractivity contribution in [2.45, 2.75) is 60.7 Å². The maximum absolute atomic E-state index is 12.2. The normalized spacial score (nSPS) is 26.0. The first-order valence-corrected chi connectivity index (χ1v) is 9.30. The van der Waals surface area contributed by atoms with E-state index in [4.69, 9.17) is 9.47 Å². The highest BCUT2D eigenvalue weighted by molar-refractivity contribution is 5.75. The average Bonchev–Trinajstić information content (AvgIpc) is 2.86. The van der Waals surface area contributed by atoms with Gasteiger partial charge in [0.05, 0.1) is 18.6 Å². The molecule has 0 aromatic carbocycles. The summed E-state index contributed by atoms with van der Waals surface area (Å²) in [5.41, 5.74) is 0.797. The van der Waals surface area contributed by atoms with E-state index in [1.54, 1.807) is 6.08 Å². The molecule has 0 bridgehead atoms. The highest BCUT2D eigenvalue weighted by atomic mass is 16.6. The molecule has 4 heteroatoms. The van der Waals surface area contributed by atoms with Gasteiger partial charge in [0.25, 0.3) is 0 Å². The molecule has 1 aliphatic heterocycles. The molecule has 1 heterocycles. The molecule has 25 heavy (non-hydrogen) atoms. The zero-order valence-electron chi connectivity index (χ0n) is 16.7. The molecule has 5 atom stereocenters. The number of hydrogen-bond donors (Lipinski definition) is 1. The van der Waals surface area contributed by atoms with Crippen molar-refractivity contribution in [3.63, 3.8) is 0 Å². The zero-order valence-corrected chi connectivity index (χ0v) is 16.7. The number of carbonyl (C=O) groups excluding carboxylic acids is 1. The quantitative estimate of drug-likeness (QED) is 0.521. The summed E-state index contributed by atoms with van der Waals surface area (Å²) in [5, 5.41) is 10.0. The van der Waals surface area contributed by atoms with Crippen LogP contribution < -0.4 is 0 Å². The third-order valence-electron chi connectivity index (χ3n) is 5.03. The van der Waals surface area contributed by atoms with Crippen molar-refractivity contribution >= 4 is 5.97 Å². The molecular formula is C21H36O4. The van der Waals surface area contributed by atoms with Gasteiger partial charge < -0.3 is 14.6 Å². The Kier molecular flexibility index (Phi) is 8.36. The topological polar surface area (TPSA) is 55.8 Å². The molecule has 0 amide bonds. The van der Waals surface area contributed by atoms with Crippen LogP contribution in [0.15, 0.2) is 24.3 Å². The summed E-state index contributed by atoms with van der Waals surface area (Å²) in [6, 6.07) is 0. The average molecular weight is 353 g/mol. The Hall–Kier alpha value is -1.13. The lowest BCUT2D eigenvalue weighted by Gasteiger charge is -2.32. The first kappa shape index (κ1) is 21.9. The van der Waals surface area contributed by atoms with Crippen molar-refractivity contribution in [3.8, 4) is 0 Å². The van der Waals surface area contributed by atoms with Crippen molar-refractivity contribution in [3.05, 3.63) is 24.3 Å². The summed E-state index contributed by atoms with van der Waals surface area (Å²) in [5.74, 6) is 0.288. The largest absolute Gasteiger partial charge is 0.465 e. The van der Waals surface area contributed by atoms with E-state index in [9.17, 15) is 9.90 Å². The molecule has 0 spiro atoms. The molecule has 0 aromatic heterocycles. The fourth-order valence-electron chi connectivity index (χ4n) is 3.29. The molecule has 1 saturated heterocycles. The third-order valence-corrected chi connectivity index (χ3v) is 5.03. The van der Waals surface area contributed by atoms with Crippen LogP contribution in [0.25, 0.3) is 0 Å². The summed E-state index contributed by atoms with van der Waals surface area (Å²) in [7, 11) is 0. The van der Waals surface area contributed by atoms with E-state index in [1.807, 2.05) is 20.8 Å². The van der Waals surface area contributed by atoms with Gasteiger partial charge in [-0.2, -0.15) is 0 Å². The standard InChI is InChI=1S/C21H36O4/c1-8-16-18(13-24-19(16)22)17(12-25-20(23)21(5,6)7)15(4)11-9-10-14(2)3/h8,10,15-19,22H,1,9,11-13H2,2-7H3/t15-,16+,17+,18-,19-/m1/s1. The maximum atomic E-state index is 12.2. The first-order chi connectivity index (χ1) is 11.6. The van der Waals surface area contributed by atoms with Crippen LogP contribution in [-0.4, -0.2) is 30.6 Å². The lowest BCUT2D eigenvalue weighted by atomic mass is 9.75. The second-order valence-electron chi connectivity index (χ2n) is 8.55. The van der Waals surface area contributed by atoms with Gasteiger partial charge in [0.15, 0.2) is 6.29 Å². The summed E-state index contributed by atoms with van der Waals surface area (Å²) in [6.45, 7) is 16.6. The predicted octanol–water partition coefficient (Wildman–Crippen LogP) is 4.34. The van der Waals surface area contributed by atoms with Crippen molar-refractivity contribution < 1.29 is 19.4 Å². The number of aliphatic hydroxyl groups is 1. The molecule has 144 valence electrons. The van der Waals surface area contributed by atoms with Gasteiger partial charge in [-0.3, -0.25) is 4.79 Å². The number of hydrogen-bond acceptors (Lipinski definition) is 4. The van der Waals surface area contributed by atoms with Crippen LogP contribution in [0.1, 0.15) is 54.4 Å². The number of esters is 1. The van der Waals surface area contributed by atoms with Gasteiger partial charge in [-0.25, -0.2) is 0 Å². The highest BCUT2D eigenvalue weighted by Crippen LogP contribution is 2.38. The smallest absolute Gasteiger partial charge is 0.311 e. The van der Waals surface area contributed by atoms with E-state index >= 15 is 0 Å². The molecule has 0 radical (unpaired) electrons. The second-order valence-corrected chi connectivity index (χ2v) is 8.55. The van der Waals surface area contributed by atoms with Crippen molar-refractivity contribution in [1.82, 2.24) is 0 Å². The van der Waals surface area contributed by atoms with Crippen LogP contribution in [0.4, 0.5) is 0 Å². The van der Waals surface area contributed by atoms with Crippen LogP contribution in [0.2, 0.25) is 0 Å². The molecule has 4 nitrogen and oxygen atoms in total. The van der Waals surface area contributed by atoms with E-state index in [-0.39, 0.29) is 23.7 Å². The molecular weight excluding hydrogens is 316 g/mol. The van der Waals surface area contributed by atoms with Crippen LogP contribution in [-0.2, 0) is 14.3 Å². The highest BCUT2D eigenvalue weighted by Gasteiger charge is 2.41. The molecule has 0 unspecified atom stereocenters. The van der Waals surface area contributed by atoms with Crippen LogP contribution >= 0.6 is 0 Å². The van der Waals surface area contributed by atoms with Gasteiger partial charge >= 0.3 is 5.97 Å². The summed E-state index contributed by atoms with van der Waals surface area (Å²) in [6.07, 6.45) is 5.21. The summed E-state index contributed by atoms with van der Waals surface area (Å²) in [4.78, 5) is 12.2. The van der Waals surface area contributed by atoms with Crippen molar-refractivity contribution in [2.75, 3.05) is 13.2 Å². The Bertz CT molecular complexity index is 471. The van der Waals surface area contributed by atoms with E-state index in [2.05, 4.69) is 33.4 Å². The van der Waals surface area contributed by atoms with E-state index in [0.29, 0.717) is 19.1 Å². The van der Waals surface area contributed by atoms with Gasteiger partial charge in [-0.05, 0) is 59.3 Å². The maximum Gasteiger partial charge on any atom is 0.311 e. The molecule has 0 aliphatic carbocycles. The monoisotopic (exact) mass is 352 g/mol. The fraction of sp³-hybridized carbons (Fsp3) is 0.762. The second kappa shape index (κ2) is 9.54. The SMILES string of the molecule is C=C[C@H]1[C@H]([C@@H](COC(=O)C(C)(C)C)[C@H](C)CCC=C(C)C)CO[C@H]1O. The molecule has 0 aromatic rings. The minimum absolute atomic E-state index is 0.113. The van der Waals surface area contributed by atoms with Crippen molar-refractivity contribution in [1.29, 1.82) is 0 Å². The molecule has 1 aliphatic rings. The minimum atomic E-state index is -0.812. The molecule has 0 saturated carbocycles. The lowest BCUT2D eigenvalue weighted by Crippen LogP contribution is -2.34. The van der Waals surface area contributed by atoms with Gasteiger partial charge in [0.2, 0.25) is 0 Å². The molecule has 1 N–H and O–H groups in total. The Morgan fingerprint density at radius 1 is 1.40 bits per heavy atom. The van der Waals surface area contributed by atoms with Gasteiger partial charge in [0, 0.05) is 11.8 Å². The zero-order chi connectivity index (χ0) is 19.2. The third kappa shape index (κ3) is 6.59. The number of carbonyl (C=O) groups is 1. The van der Waals surface area contributed by atoms with Crippen LogP contribution in [0.5, 0.6) is 0 Å². The number of aliphatic hydroxyl groups excluding tert-OH is 1. The fourth-order valence-corrected chi connectivity index (χ4v) is 3.29. The van der Waals surface area contributed by atoms with Crippen LogP contribution in [0.3, 0.4) is 0 Å². The Morgan fingerprint density at radius 3 is 2.56 bits per heavy atom. The van der Waals surface area contributed by atoms with Gasteiger partial charge in [0.1, 0.15) is 0 Å². The number of rotatable bonds is 8. The van der Waals surface area contributed by atoms with E-state index in [0.717, 1.165) is 12.8 Å². The molecule has 1 fully saturated rings. The number of allylic oxidation sites excluding steroid dienone is 2.